The number of carbonyl (C=O) groups is 1. The molecule has 2 N–H and O–H groups in total. The Morgan fingerprint density at radius 3 is 2.33 bits per heavy atom. The van der Waals surface area contributed by atoms with Crippen LogP contribution in [0.1, 0.15) is 19.8 Å². The van der Waals surface area contributed by atoms with Crippen LogP contribution in [0.25, 0.3) is 0 Å². The molecule has 0 atom stereocenters. The SMILES string of the molecule is CCNCCNC(=O)CCC(F)(F)F.Cl. The first-order valence-electron chi connectivity index (χ1n) is 4.50. The summed E-state index contributed by atoms with van der Waals surface area (Å²) < 4.78 is 35.0. The lowest BCUT2D eigenvalue weighted by molar-refractivity contribution is -0.144. The summed E-state index contributed by atoms with van der Waals surface area (Å²) in [6.07, 6.45) is -5.80. The van der Waals surface area contributed by atoms with Gasteiger partial charge in [-0.25, -0.2) is 0 Å². The zero-order valence-electron chi connectivity index (χ0n) is 8.49. The summed E-state index contributed by atoms with van der Waals surface area (Å²) in [5.74, 6) is -0.555. The van der Waals surface area contributed by atoms with Crippen molar-refractivity contribution in [1.82, 2.24) is 10.6 Å². The second kappa shape index (κ2) is 8.79. The fraction of sp³-hybridized carbons (Fsp3) is 0.875. The third kappa shape index (κ3) is 13.5. The Balaban J connectivity index is 0. The highest BCUT2D eigenvalue weighted by Crippen LogP contribution is 2.20. The second-order valence-electron chi connectivity index (χ2n) is 2.82. The van der Waals surface area contributed by atoms with E-state index in [0.717, 1.165) is 6.54 Å². The Hall–Kier alpha value is -0.490. The Labute approximate surface area is 93.2 Å². The Kier molecular flexibility index (Phi) is 9.92. The van der Waals surface area contributed by atoms with E-state index in [4.69, 9.17) is 0 Å². The van der Waals surface area contributed by atoms with Crippen molar-refractivity contribution >= 4 is 18.3 Å². The van der Waals surface area contributed by atoms with Gasteiger partial charge in [0.1, 0.15) is 0 Å². The van der Waals surface area contributed by atoms with E-state index in [1.54, 1.807) is 0 Å². The molecule has 0 aromatic carbocycles. The maximum Gasteiger partial charge on any atom is 0.389 e. The predicted molar refractivity (Wildman–Crippen MR) is 54.1 cm³/mol. The molecule has 0 bridgehead atoms. The number of nitrogens with one attached hydrogen (secondary N) is 2. The standard InChI is InChI=1S/C8H15F3N2O.ClH/c1-2-12-5-6-13-7(14)3-4-8(9,10)11;/h12H,2-6H2,1H3,(H,13,14);1H. The minimum Gasteiger partial charge on any atom is -0.355 e. The van der Waals surface area contributed by atoms with Crippen LogP contribution < -0.4 is 10.6 Å². The van der Waals surface area contributed by atoms with Crippen molar-refractivity contribution in [2.75, 3.05) is 19.6 Å². The van der Waals surface area contributed by atoms with Crippen molar-refractivity contribution < 1.29 is 18.0 Å². The number of rotatable bonds is 6. The molecule has 0 saturated carbocycles. The van der Waals surface area contributed by atoms with Gasteiger partial charge in [0.2, 0.25) is 5.91 Å². The van der Waals surface area contributed by atoms with Crippen molar-refractivity contribution in [2.45, 2.75) is 25.9 Å². The summed E-state index contributed by atoms with van der Waals surface area (Å²) in [5.41, 5.74) is 0. The van der Waals surface area contributed by atoms with Crippen LogP contribution in [0, 0.1) is 0 Å². The first-order valence-corrected chi connectivity index (χ1v) is 4.50. The zero-order valence-corrected chi connectivity index (χ0v) is 9.30. The maximum atomic E-state index is 11.7. The minimum atomic E-state index is -4.25. The van der Waals surface area contributed by atoms with E-state index in [0.29, 0.717) is 13.1 Å². The van der Waals surface area contributed by atoms with Crippen LogP contribution >= 0.6 is 12.4 Å². The molecule has 15 heavy (non-hydrogen) atoms. The zero-order chi connectivity index (χ0) is 11.0. The van der Waals surface area contributed by atoms with Gasteiger partial charge in [0, 0.05) is 19.5 Å². The molecule has 1 amide bonds. The van der Waals surface area contributed by atoms with Crippen molar-refractivity contribution in [2.24, 2.45) is 0 Å². The summed E-state index contributed by atoms with van der Waals surface area (Å²) in [5, 5.41) is 5.33. The predicted octanol–water partition coefficient (Wildman–Crippen LogP) is 1.48. The van der Waals surface area contributed by atoms with E-state index in [-0.39, 0.29) is 12.4 Å². The smallest absolute Gasteiger partial charge is 0.355 e. The molecule has 0 spiro atoms. The lowest BCUT2D eigenvalue weighted by Crippen LogP contribution is -2.32. The highest BCUT2D eigenvalue weighted by molar-refractivity contribution is 5.85. The van der Waals surface area contributed by atoms with Gasteiger partial charge in [-0.2, -0.15) is 13.2 Å². The van der Waals surface area contributed by atoms with Gasteiger partial charge < -0.3 is 10.6 Å². The summed E-state index contributed by atoms with van der Waals surface area (Å²) in [7, 11) is 0. The first-order chi connectivity index (χ1) is 6.45. The molecule has 0 fully saturated rings. The van der Waals surface area contributed by atoms with E-state index < -0.39 is 24.9 Å². The number of carbonyl (C=O) groups excluding carboxylic acids is 1. The Morgan fingerprint density at radius 1 is 1.27 bits per heavy atom. The maximum absolute atomic E-state index is 11.7. The molecule has 7 heteroatoms. The van der Waals surface area contributed by atoms with Crippen molar-refractivity contribution in [3.63, 3.8) is 0 Å². The molecule has 0 heterocycles. The molecule has 0 saturated heterocycles. The fourth-order valence-electron chi connectivity index (χ4n) is 0.811. The molecule has 0 unspecified atom stereocenters. The minimum absolute atomic E-state index is 0. The molecular weight excluding hydrogens is 233 g/mol. The van der Waals surface area contributed by atoms with E-state index in [1.165, 1.54) is 0 Å². The van der Waals surface area contributed by atoms with Gasteiger partial charge in [0.25, 0.3) is 0 Å². The van der Waals surface area contributed by atoms with E-state index >= 15 is 0 Å². The van der Waals surface area contributed by atoms with Crippen LogP contribution in [0.3, 0.4) is 0 Å². The molecule has 0 aromatic heterocycles. The van der Waals surface area contributed by atoms with Crippen LogP contribution in [0.2, 0.25) is 0 Å². The monoisotopic (exact) mass is 248 g/mol. The molecule has 92 valence electrons. The fourth-order valence-corrected chi connectivity index (χ4v) is 0.811. The van der Waals surface area contributed by atoms with Crippen LogP contribution in [-0.2, 0) is 4.79 Å². The quantitative estimate of drug-likeness (QED) is 0.699. The summed E-state index contributed by atoms with van der Waals surface area (Å²) in [6.45, 7) is 3.63. The lowest BCUT2D eigenvalue weighted by Gasteiger charge is -2.07. The topological polar surface area (TPSA) is 41.1 Å². The first kappa shape index (κ1) is 16.9. The number of amides is 1. The van der Waals surface area contributed by atoms with E-state index in [9.17, 15) is 18.0 Å². The number of hydrogen-bond acceptors (Lipinski definition) is 2. The molecular formula is C8H16ClF3N2O. The van der Waals surface area contributed by atoms with Crippen molar-refractivity contribution in [1.29, 1.82) is 0 Å². The van der Waals surface area contributed by atoms with E-state index in [2.05, 4.69) is 10.6 Å². The molecule has 0 radical (unpaired) electrons. The van der Waals surface area contributed by atoms with Crippen LogP contribution in [0.4, 0.5) is 13.2 Å². The molecule has 0 aliphatic carbocycles. The lowest BCUT2D eigenvalue weighted by atomic mass is 10.3. The van der Waals surface area contributed by atoms with Gasteiger partial charge in [-0.1, -0.05) is 6.92 Å². The summed E-state index contributed by atoms with van der Waals surface area (Å²) >= 11 is 0. The number of likely N-dealkylation sites (N-methyl/N-ethyl adjacent to an activating group) is 1. The van der Waals surface area contributed by atoms with Crippen LogP contribution in [0.5, 0.6) is 0 Å². The summed E-state index contributed by atoms with van der Waals surface area (Å²) in [4.78, 5) is 10.8. The average molecular weight is 249 g/mol. The molecule has 0 rings (SSSR count). The highest BCUT2D eigenvalue weighted by Gasteiger charge is 2.27. The Morgan fingerprint density at radius 2 is 1.87 bits per heavy atom. The number of alkyl halides is 3. The second-order valence-corrected chi connectivity index (χ2v) is 2.82. The van der Waals surface area contributed by atoms with Gasteiger partial charge in [0.15, 0.2) is 0 Å². The van der Waals surface area contributed by atoms with Gasteiger partial charge in [-0.3, -0.25) is 4.79 Å². The Bertz CT molecular complexity index is 176. The number of hydrogen-bond donors (Lipinski definition) is 2. The third-order valence-corrected chi connectivity index (χ3v) is 1.51. The molecule has 3 nitrogen and oxygen atoms in total. The van der Waals surface area contributed by atoms with E-state index in [1.807, 2.05) is 6.92 Å². The van der Waals surface area contributed by atoms with Crippen LogP contribution in [0.15, 0.2) is 0 Å². The van der Waals surface area contributed by atoms with Crippen molar-refractivity contribution in [3.8, 4) is 0 Å². The molecule has 0 aromatic rings. The third-order valence-electron chi connectivity index (χ3n) is 1.51. The van der Waals surface area contributed by atoms with Gasteiger partial charge in [0.05, 0.1) is 6.42 Å². The van der Waals surface area contributed by atoms with Crippen LogP contribution in [-0.4, -0.2) is 31.7 Å². The highest BCUT2D eigenvalue weighted by atomic mass is 35.5. The molecule has 0 aliphatic rings. The molecule has 0 aliphatic heterocycles. The summed E-state index contributed by atoms with van der Waals surface area (Å²) in [6, 6.07) is 0. The largest absolute Gasteiger partial charge is 0.389 e. The normalized spacial score (nSPS) is 10.7. The van der Waals surface area contributed by atoms with Crippen molar-refractivity contribution in [3.05, 3.63) is 0 Å². The number of halogens is 4. The van der Waals surface area contributed by atoms with Gasteiger partial charge >= 0.3 is 6.18 Å². The van der Waals surface area contributed by atoms with Gasteiger partial charge in [-0.15, -0.1) is 12.4 Å². The van der Waals surface area contributed by atoms with Gasteiger partial charge in [-0.05, 0) is 6.54 Å². The average Bonchev–Trinajstić information content (AvgIpc) is 2.08.